The first-order valence-corrected chi connectivity index (χ1v) is 6.41. The van der Waals surface area contributed by atoms with Crippen molar-refractivity contribution in [2.75, 3.05) is 11.1 Å². The van der Waals surface area contributed by atoms with Crippen molar-refractivity contribution in [3.63, 3.8) is 0 Å². The summed E-state index contributed by atoms with van der Waals surface area (Å²) in [6.45, 7) is 1.94. The number of hydrogen-bond acceptors (Lipinski definition) is 6. The molecule has 0 spiro atoms. The van der Waals surface area contributed by atoms with Crippen LogP contribution in [0.5, 0.6) is 0 Å². The van der Waals surface area contributed by atoms with E-state index < -0.39 is 0 Å². The minimum Gasteiger partial charge on any atom is -0.466 e. The molecule has 3 N–H and O–H groups in total. The molecule has 3 aromatic rings. The third-order valence-electron chi connectivity index (χ3n) is 2.90. The number of hydrogen-bond donors (Lipinski definition) is 2. The SMILES string of the molecule is CC(Nc1nc(N)nc(Cl)n1)c1occ2ccccc12. The highest BCUT2D eigenvalue weighted by atomic mass is 35.5. The standard InChI is InChI=1S/C13H12ClN5O/c1-7(16-13-18-11(14)17-12(15)19-13)10-9-5-3-2-4-8(9)6-20-10/h2-7H,1H3,(H3,15,16,17,18,19). The van der Waals surface area contributed by atoms with Gasteiger partial charge in [0.1, 0.15) is 5.76 Å². The highest BCUT2D eigenvalue weighted by molar-refractivity contribution is 6.28. The van der Waals surface area contributed by atoms with Crippen LogP contribution in [0.15, 0.2) is 34.9 Å². The number of furan rings is 1. The van der Waals surface area contributed by atoms with E-state index in [-0.39, 0.29) is 17.3 Å². The third kappa shape index (κ3) is 2.37. The molecule has 2 aromatic heterocycles. The van der Waals surface area contributed by atoms with Gasteiger partial charge in [0.05, 0.1) is 12.3 Å². The first-order chi connectivity index (χ1) is 9.63. The number of anilines is 2. The van der Waals surface area contributed by atoms with Gasteiger partial charge in [-0.25, -0.2) is 0 Å². The van der Waals surface area contributed by atoms with E-state index in [0.717, 1.165) is 16.5 Å². The highest BCUT2D eigenvalue weighted by Crippen LogP contribution is 2.27. The lowest BCUT2D eigenvalue weighted by atomic mass is 10.1. The highest BCUT2D eigenvalue weighted by Gasteiger charge is 2.15. The molecule has 0 aliphatic heterocycles. The number of nitrogens with one attached hydrogen (secondary N) is 1. The third-order valence-corrected chi connectivity index (χ3v) is 3.07. The van der Waals surface area contributed by atoms with Gasteiger partial charge in [0.15, 0.2) is 0 Å². The predicted molar refractivity (Wildman–Crippen MR) is 77.5 cm³/mol. The van der Waals surface area contributed by atoms with Gasteiger partial charge >= 0.3 is 0 Å². The molecule has 0 aliphatic carbocycles. The molecule has 0 bridgehead atoms. The van der Waals surface area contributed by atoms with Gasteiger partial charge in [0, 0.05) is 10.8 Å². The first-order valence-electron chi connectivity index (χ1n) is 6.03. The Morgan fingerprint density at radius 2 is 2.05 bits per heavy atom. The summed E-state index contributed by atoms with van der Waals surface area (Å²) in [7, 11) is 0. The van der Waals surface area contributed by atoms with Gasteiger partial charge < -0.3 is 15.5 Å². The Balaban J connectivity index is 1.91. The minimum absolute atomic E-state index is 0.0523. The summed E-state index contributed by atoms with van der Waals surface area (Å²) in [6, 6.07) is 7.79. The van der Waals surface area contributed by atoms with Gasteiger partial charge in [-0.3, -0.25) is 0 Å². The van der Waals surface area contributed by atoms with Crippen molar-refractivity contribution in [1.29, 1.82) is 0 Å². The molecule has 2 heterocycles. The van der Waals surface area contributed by atoms with Crippen LogP contribution in [-0.2, 0) is 0 Å². The van der Waals surface area contributed by atoms with E-state index in [1.54, 1.807) is 6.26 Å². The molecule has 0 amide bonds. The second kappa shape index (κ2) is 4.97. The molecule has 0 aliphatic rings. The Kier molecular flexibility index (Phi) is 3.15. The van der Waals surface area contributed by atoms with Crippen LogP contribution in [0.25, 0.3) is 10.8 Å². The Morgan fingerprint density at radius 3 is 2.85 bits per heavy atom. The van der Waals surface area contributed by atoms with Crippen LogP contribution in [0, 0.1) is 0 Å². The van der Waals surface area contributed by atoms with Crippen molar-refractivity contribution >= 4 is 34.3 Å². The maximum absolute atomic E-state index is 5.75. The van der Waals surface area contributed by atoms with Crippen LogP contribution < -0.4 is 11.1 Å². The van der Waals surface area contributed by atoms with Crippen molar-refractivity contribution in [1.82, 2.24) is 15.0 Å². The zero-order chi connectivity index (χ0) is 14.1. The Bertz CT molecular complexity index is 737. The molecule has 1 aromatic carbocycles. The zero-order valence-electron chi connectivity index (χ0n) is 10.7. The monoisotopic (exact) mass is 289 g/mol. The van der Waals surface area contributed by atoms with Crippen molar-refractivity contribution in [2.24, 2.45) is 0 Å². The molecule has 102 valence electrons. The number of aromatic nitrogens is 3. The molecule has 0 saturated carbocycles. The Morgan fingerprint density at radius 1 is 1.25 bits per heavy atom. The van der Waals surface area contributed by atoms with Gasteiger partial charge in [0.25, 0.3) is 0 Å². The molecule has 1 atom stereocenters. The fraction of sp³-hybridized carbons (Fsp3) is 0.154. The Labute approximate surface area is 120 Å². The quantitative estimate of drug-likeness (QED) is 0.770. The number of nitrogens with two attached hydrogens (primary N) is 1. The fourth-order valence-electron chi connectivity index (χ4n) is 2.04. The molecule has 0 fully saturated rings. The predicted octanol–water partition coefficient (Wildman–Crippen LogP) is 3.03. The van der Waals surface area contributed by atoms with Gasteiger partial charge in [-0.1, -0.05) is 24.3 Å². The second-order valence-electron chi connectivity index (χ2n) is 4.34. The number of nitrogens with zero attached hydrogens (tertiary/aromatic N) is 3. The molecule has 7 heteroatoms. The summed E-state index contributed by atoms with van der Waals surface area (Å²) in [4.78, 5) is 11.7. The van der Waals surface area contributed by atoms with E-state index in [4.69, 9.17) is 21.8 Å². The van der Waals surface area contributed by atoms with Crippen LogP contribution in [0.2, 0.25) is 5.28 Å². The molecule has 0 saturated heterocycles. The number of fused-ring (bicyclic) bond motifs is 1. The molecule has 0 radical (unpaired) electrons. The van der Waals surface area contributed by atoms with E-state index in [9.17, 15) is 0 Å². The summed E-state index contributed by atoms with van der Waals surface area (Å²) in [5, 5.41) is 5.24. The maximum Gasteiger partial charge on any atom is 0.229 e. The van der Waals surface area contributed by atoms with Crippen LogP contribution in [0.1, 0.15) is 18.7 Å². The molecule has 1 unspecified atom stereocenters. The van der Waals surface area contributed by atoms with Crippen LogP contribution in [0.3, 0.4) is 0 Å². The minimum atomic E-state index is -0.132. The molecule has 20 heavy (non-hydrogen) atoms. The van der Waals surface area contributed by atoms with E-state index in [0.29, 0.717) is 5.95 Å². The van der Waals surface area contributed by atoms with Gasteiger partial charge in [-0.05, 0) is 18.5 Å². The molecule has 6 nitrogen and oxygen atoms in total. The van der Waals surface area contributed by atoms with Gasteiger partial charge in [-0.15, -0.1) is 0 Å². The maximum atomic E-state index is 5.75. The van der Waals surface area contributed by atoms with Crippen molar-refractivity contribution in [3.05, 3.63) is 41.6 Å². The topological polar surface area (TPSA) is 89.9 Å². The van der Waals surface area contributed by atoms with Crippen LogP contribution in [-0.4, -0.2) is 15.0 Å². The zero-order valence-corrected chi connectivity index (χ0v) is 11.4. The number of halogens is 1. The second-order valence-corrected chi connectivity index (χ2v) is 4.68. The lowest BCUT2D eigenvalue weighted by Gasteiger charge is -2.12. The van der Waals surface area contributed by atoms with Crippen molar-refractivity contribution in [3.8, 4) is 0 Å². The normalized spacial score (nSPS) is 12.5. The summed E-state index contributed by atoms with van der Waals surface area (Å²) in [5.41, 5.74) is 5.53. The number of benzene rings is 1. The number of nitrogen functional groups attached to an aromatic ring is 1. The van der Waals surface area contributed by atoms with E-state index in [1.165, 1.54) is 0 Å². The van der Waals surface area contributed by atoms with E-state index >= 15 is 0 Å². The summed E-state index contributed by atoms with van der Waals surface area (Å²) in [6.07, 6.45) is 1.72. The number of rotatable bonds is 3. The lowest BCUT2D eigenvalue weighted by molar-refractivity contribution is 0.495. The van der Waals surface area contributed by atoms with E-state index in [2.05, 4.69) is 20.3 Å². The average molecular weight is 290 g/mol. The molecule has 3 rings (SSSR count). The Hall–Kier alpha value is -2.34. The van der Waals surface area contributed by atoms with Crippen LogP contribution >= 0.6 is 11.6 Å². The largest absolute Gasteiger partial charge is 0.466 e. The average Bonchev–Trinajstić information content (AvgIpc) is 2.81. The summed E-state index contributed by atoms with van der Waals surface area (Å²) < 4.78 is 5.61. The van der Waals surface area contributed by atoms with Crippen LogP contribution in [0.4, 0.5) is 11.9 Å². The molecular weight excluding hydrogens is 278 g/mol. The first kappa shape index (κ1) is 12.7. The summed E-state index contributed by atoms with van der Waals surface area (Å²) in [5.74, 6) is 1.19. The van der Waals surface area contributed by atoms with Crippen molar-refractivity contribution in [2.45, 2.75) is 13.0 Å². The van der Waals surface area contributed by atoms with Crippen molar-refractivity contribution < 1.29 is 4.42 Å². The smallest absolute Gasteiger partial charge is 0.229 e. The van der Waals surface area contributed by atoms with Gasteiger partial charge in [0.2, 0.25) is 17.2 Å². The molecular formula is C13H12ClN5O. The van der Waals surface area contributed by atoms with Gasteiger partial charge in [-0.2, -0.15) is 15.0 Å². The van der Waals surface area contributed by atoms with E-state index in [1.807, 2.05) is 31.2 Å². The lowest BCUT2D eigenvalue weighted by Crippen LogP contribution is -2.11. The summed E-state index contributed by atoms with van der Waals surface area (Å²) >= 11 is 5.75. The fourth-order valence-corrected chi connectivity index (χ4v) is 2.21.